The molecule has 0 atom stereocenters. The van der Waals surface area contributed by atoms with Crippen LogP contribution in [0.25, 0.3) is 0 Å². The standard InChI is InChI=1S/C10H13ClO/c1-6(2)10-7(3)4-8(11)5-9(10)12/h4-6,12H,1-3H3. The Labute approximate surface area is 78.0 Å². The Morgan fingerprint density at radius 1 is 1.33 bits per heavy atom. The van der Waals surface area contributed by atoms with Gasteiger partial charge < -0.3 is 5.11 Å². The van der Waals surface area contributed by atoms with Crippen molar-refractivity contribution in [2.24, 2.45) is 0 Å². The minimum absolute atomic E-state index is 0.301. The van der Waals surface area contributed by atoms with Crippen LogP contribution in [-0.2, 0) is 0 Å². The van der Waals surface area contributed by atoms with Crippen molar-refractivity contribution in [3.8, 4) is 5.75 Å². The molecule has 0 bridgehead atoms. The molecule has 0 amide bonds. The van der Waals surface area contributed by atoms with Crippen molar-refractivity contribution in [3.05, 3.63) is 28.3 Å². The summed E-state index contributed by atoms with van der Waals surface area (Å²) in [6.07, 6.45) is 0. The van der Waals surface area contributed by atoms with Crippen LogP contribution in [-0.4, -0.2) is 5.11 Å². The highest BCUT2D eigenvalue weighted by Crippen LogP contribution is 2.31. The van der Waals surface area contributed by atoms with Gasteiger partial charge in [0.25, 0.3) is 0 Å². The van der Waals surface area contributed by atoms with Crippen LogP contribution < -0.4 is 0 Å². The highest BCUT2D eigenvalue weighted by atomic mass is 35.5. The maximum atomic E-state index is 9.56. The first-order valence-corrected chi connectivity index (χ1v) is 4.39. The Morgan fingerprint density at radius 3 is 2.33 bits per heavy atom. The van der Waals surface area contributed by atoms with Crippen LogP contribution in [0.1, 0.15) is 30.9 Å². The van der Waals surface area contributed by atoms with E-state index in [4.69, 9.17) is 11.6 Å². The summed E-state index contributed by atoms with van der Waals surface area (Å²) >= 11 is 5.77. The molecule has 0 aliphatic heterocycles. The van der Waals surface area contributed by atoms with Gasteiger partial charge >= 0.3 is 0 Å². The van der Waals surface area contributed by atoms with Crippen molar-refractivity contribution in [2.75, 3.05) is 0 Å². The van der Waals surface area contributed by atoms with Crippen LogP contribution in [0.5, 0.6) is 5.75 Å². The first-order chi connectivity index (χ1) is 5.52. The highest BCUT2D eigenvalue weighted by Gasteiger charge is 2.09. The number of aromatic hydroxyl groups is 1. The van der Waals surface area contributed by atoms with Gasteiger partial charge in [0.1, 0.15) is 5.75 Å². The molecule has 0 aliphatic rings. The lowest BCUT2D eigenvalue weighted by molar-refractivity contribution is 0.464. The van der Waals surface area contributed by atoms with Crippen molar-refractivity contribution in [3.63, 3.8) is 0 Å². The lowest BCUT2D eigenvalue weighted by Gasteiger charge is -2.11. The quantitative estimate of drug-likeness (QED) is 0.709. The molecule has 0 spiro atoms. The lowest BCUT2D eigenvalue weighted by Crippen LogP contribution is -1.92. The summed E-state index contributed by atoms with van der Waals surface area (Å²) in [6.45, 7) is 6.06. The molecule has 1 aromatic carbocycles. The topological polar surface area (TPSA) is 20.2 Å². The summed E-state index contributed by atoms with van der Waals surface area (Å²) < 4.78 is 0. The maximum absolute atomic E-state index is 9.56. The lowest BCUT2D eigenvalue weighted by atomic mass is 9.97. The fourth-order valence-electron chi connectivity index (χ4n) is 1.49. The van der Waals surface area contributed by atoms with Crippen molar-refractivity contribution < 1.29 is 5.11 Å². The van der Waals surface area contributed by atoms with Gasteiger partial charge in [-0.3, -0.25) is 0 Å². The fraction of sp³-hybridized carbons (Fsp3) is 0.400. The van der Waals surface area contributed by atoms with E-state index < -0.39 is 0 Å². The van der Waals surface area contributed by atoms with Crippen LogP contribution in [0.4, 0.5) is 0 Å². The molecule has 1 rings (SSSR count). The van der Waals surface area contributed by atoms with Crippen molar-refractivity contribution in [1.82, 2.24) is 0 Å². The van der Waals surface area contributed by atoms with Gasteiger partial charge in [0.2, 0.25) is 0 Å². The average molecular weight is 185 g/mol. The average Bonchev–Trinajstić information content (AvgIpc) is 1.82. The Kier molecular flexibility index (Phi) is 2.63. The molecule has 1 aromatic rings. The second kappa shape index (κ2) is 3.36. The molecule has 1 N–H and O–H groups in total. The van der Waals surface area contributed by atoms with Crippen molar-refractivity contribution in [1.29, 1.82) is 0 Å². The first kappa shape index (κ1) is 9.40. The molecular formula is C10H13ClO. The number of hydrogen-bond acceptors (Lipinski definition) is 1. The Morgan fingerprint density at radius 2 is 1.92 bits per heavy atom. The smallest absolute Gasteiger partial charge is 0.120 e. The summed E-state index contributed by atoms with van der Waals surface area (Å²) in [5.41, 5.74) is 2.04. The molecule has 0 radical (unpaired) electrons. The molecule has 1 nitrogen and oxygen atoms in total. The molecule has 12 heavy (non-hydrogen) atoms. The van der Waals surface area contributed by atoms with Crippen LogP contribution in [0.15, 0.2) is 12.1 Å². The van der Waals surface area contributed by atoms with E-state index in [2.05, 4.69) is 13.8 Å². The number of phenolic OH excluding ortho intramolecular Hbond substituents is 1. The van der Waals surface area contributed by atoms with E-state index in [1.807, 2.05) is 13.0 Å². The number of benzene rings is 1. The Hall–Kier alpha value is -0.690. The van der Waals surface area contributed by atoms with Crippen LogP contribution in [0, 0.1) is 6.92 Å². The van der Waals surface area contributed by atoms with Gasteiger partial charge in [0, 0.05) is 5.02 Å². The van der Waals surface area contributed by atoms with E-state index in [1.165, 1.54) is 0 Å². The highest BCUT2D eigenvalue weighted by molar-refractivity contribution is 6.30. The molecule has 2 heteroatoms. The second-order valence-corrected chi connectivity index (χ2v) is 3.75. The molecule has 0 heterocycles. The van der Waals surface area contributed by atoms with E-state index in [1.54, 1.807) is 6.07 Å². The minimum Gasteiger partial charge on any atom is -0.508 e. The molecule has 0 aromatic heterocycles. The zero-order valence-corrected chi connectivity index (χ0v) is 8.31. The summed E-state index contributed by atoms with van der Waals surface area (Å²) in [6, 6.07) is 3.46. The number of halogens is 1. The largest absolute Gasteiger partial charge is 0.508 e. The van der Waals surface area contributed by atoms with E-state index in [9.17, 15) is 5.11 Å². The molecule has 0 aliphatic carbocycles. The molecular weight excluding hydrogens is 172 g/mol. The summed E-state index contributed by atoms with van der Waals surface area (Å²) in [4.78, 5) is 0. The predicted octanol–water partition coefficient (Wildman–Crippen LogP) is 3.48. The third-order valence-corrected chi connectivity index (χ3v) is 2.13. The van der Waals surface area contributed by atoms with Crippen LogP contribution >= 0.6 is 11.6 Å². The zero-order chi connectivity index (χ0) is 9.30. The van der Waals surface area contributed by atoms with Crippen LogP contribution in [0.2, 0.25) is 5.02 Å². The zero-order valence-electron chi connectivity index (χ0n) is 7.56. The van der Waals surface area contributed by atoms with E-state index in [-0.39, 0.29) is 0 Å². The summed E-state index contributed by atoms with van der Waals surface area (Å²) in [7, 11) is 0. The normalized spacial score (nSPS) is 10.8. The summed E-state index contributed by atoms with van der Waals surface area (Å²) in [5.74, 6) is 0.636. The van der Waals surface area contributed by atoms with Crippen molar-refractivity contribution in [2.45, 2.75) is 26.7 Å². The third-order valence-electron chi connectivity index (χ3n) is 1.91. The van der Waals surface area contributed by atoms with Gasteiger partial charge in [-0.25, -0.2) is 0 Å². The minimum atomic E-state index is 0.301. The Bertz CT molecular complexity index is 269. The van der Waals surface area contributed by atoms with Gasteiger partial charge in [-0.2, -0.15) is 0 Å². The second-order valence-electron chi connectivity index (χ2n) is 3.31. The maximum Gasteiger partial charge on any atom is 0.120 e. The predicted molar refractivity (Wildman–Crippen MR) is 51.9 cm³/mol. The SMILES string of the molecule is Cc1cc(Cl)cc(O)c1C(C)C. The third kappa shape index (κ3) is 1.72. The van der Waals surface area contributed by atoms with Gasteiger partial charge in [0.05, 0.1) is 0 Å². The molecule has 0 saturated carbocycles. The van der Waals surface area contributed by atoms with Gasteiger partial charge in [-0.05, 0) is 36.1 Å². The van der Waals surface area contributed by atoms with E-state index >= 15 is 0 Å². The number of aryl methyl sites for hydroxylation is 1. The fourth-order valence-corrected chi connectivity index (χ4v) is 1.75. The monoisotopic (exact) mass is 184 g/mol. The summed E-state index contributed by atoms with van der Waals surface area (Å²) in [5, 5.41) is 10.2. The number of phenols is 1. The number of rotatable bonds is 1. The van der Waals surface area contributed by atoms with Gasteiger partial charge in [-0.1, -0.05) is 25.4 Å². The van der Waals surface area contributed by atoms with Gasteiger partial charge in [0.15, 0.2) is 0 Å². The molecule has 66 valence electrons. The first-order valence-electron chi connectivity index (χ1n) is 4.01. The van der Waals surface area contributed by atoms with Crippen LogP contribution in [0.3, 0.4) is 0 Å². The van der Waals surface area contributed by atoms with Crippen molar-refractivity contribution >= 4 is 11.6 Å². The van der Waals surface area contributed by atoms with Gasteiger partial charge in [-0.15, -0.1) is 0 Å². The molecule has 0 saturated heterocycles. The van der Waals surface area contributed by atoms with E-state index in [0.717, 1.165) is 11.1 Å². The van der Waals surface area contributed by atoms with E-state index in [0.29, 0.717) is 16.7 Å². The number of hydrogen-bond donors (Lipinski definition) is 1. The molecule has 0 fully saturated rings. The molecule has 0 unspecified atom stereocenters. The Balaban J connectivity index is 3.28.